The second-order valence-corrected chi connectivity index (χ2v) is 3.48. The highest BCUT2D eigenvalue weighted by molar-refractivity contribution is 6.29. The molecule has 0 aromatic carbocycles. The monoisotopic (exact) mass is 215 g/mol. The molecular formula is C9H14ClN3O. The average Bonchev–Trinajstić information content (AvgIpc) is 2.14. The van der Waals surface area contributed by atoms with Crippen LogP contribution in [0.15, 0.2) is 6.07 Å². The summed E-state index contributed by atoms with van der Waals surface area (Å²) in [7, 11) is 0. The van der Waals surface area contributed by atoms with Gasteiger partial charge in [0.05, 0.1) is 6.10 Å². The molecule has 0 saturated carbocycles. The quantitative estimate of drug-likeness (QED) is 0.748. The van der Waals surface area contributed by atoms with Crippen molar-refractivity contribution in [2.45, 2.75) is 26.4 Å². The largest absolute Gasteiger partial charge is 0.392 e. The van der Waals surface area contributed by atoms with E-state index in [-0.39, 0.29) is 0 Å². The van der Waals surface area contributed by atoms with E-state index in [1.54, 1.807) is 13.0 Å². The van der Waals surface area contributed by atoms with Crippen LogP contribution in [0.1, 0.15) is 19.5 Å². The molecule has 0 radical (unpaired) electrons. The molecule has 0 amide bonds. The van der Waals surface area contributed by atoms with Gasteiger partial charge in [0.15, 0.2) is 0 Å². The standard InChI is InChI=1S/C9H14ClN3O/c1-3-7-4-8(10)13-9(12-7)11-5-6(2)14/h4,6,14H,3,5H2,1-2H3,(H,11,12,13). The number of rotatable bonds is 4. The van der Waals surface area contributed by atoms with Gasteiger partial charge in [-0.25, -0.2) is 9.97 Å². The Bertz CT molecular complexity index is 304. The van der Waals surface area contributed by atoms with E-state index >= 15 is 0 Å². The molecule has 2 N–H and O–H groups in total. The number of aromatic nitrogens is 2. The van der Waals surface area contributed by atoms with Crippen LogP contribution in [0.3, 0.4) is 0 Å². The second kappa shape index (κ2) is 5.12. The van der Waals surface area contributed by atoms with Crippen LogP contribution in [-0.4, -0.2) is 27.7 Å². The fraction of sp³-hybridized carbons (Fsp3) is 0.556. The molecule has 0 spiro atoms. The first-order valence-electron chi connectivity index (χ1n) is 4.57. The van der Waals surface area contributed by atoms with E-state index in [0.717, 1.165) is 12.1 Å². The summed E-state index contributed by atoms with van der Waals surface area (Å²) < 4.78 is 0. The summed E-state index contributed by atoms with van der Waals surface area (Å²) in [5.74, 6) is 0.468. The fourth-order valence-electron chi connectivity index (χ4n) is 0.963. The van der Waals surface area contributed by atoms with Gasteiger partial charge in [-0.2, -0.15) is 0 Å². The zero-order valence-corrected chi connectivity index (χ0v) is 9.04. The lowest BCUT2D eigenvalue weighted by Gasteiger charge is -2.07. The summed E-state index contributed by atoms with van der Waals surface area (Å²) in [5.41, 5.74) is 0.887. The number of aliphatic hydroxyl groups is 1. The molecule has 0 aliphatic carbocycles. The van der Waals surface area contributed by atoms with Gasteiger partial charge in [0.1, 0.15) is 5.15 Å². The number of anilines is 1. The normalized spacial score (nSPS) is 12.6. The van der Waals surface area contributed by atoms with E-state index in [9.17, 15) is 0 Å². The van der Waals surface area contributed by atoms with Gasteiger partial charge in [-0.3, -0.25) is 0 Å². The van der Waals surface area contributed by atoms with Crippen molar-refractivity contribution in [3.05, 3.63) is 16.9 Å². The fourth-order valence-corrected chi connectivity index (χ4v) is 1.17. The van der Waals surface area contributed by atoms with E-state index in [1.165, 1.54) is 0 Å². The summed E-state index contributed by atoms with van der Waals surface area (Å²) in [4.78, 5) is 8.19. The van der Waals surface area contributed by atoms with Crippen molar-refractivity contribution in [2.75, 3.05) is 11.9 Å². The van der Waals surface area contributed by atoms with Gasteiger partial charge >= 0.3 is 0 Å². The van der Waals surface area contributed by atoms with Crippen LogP contribution < -0.4 is 5.32 Å². The van der Waals surface area contributed by atoms with Crippen molar-refractivity contribution in [1.29, 1.82) is 0 Å². The topological polar surface area (TPSA) is 58.0 Å². The zero-order chi connectivity index (χ0) is 10.6. The van der Waals surface area contributed by atoms with E-state index in [4.69, 9.17) is 16.7 Å². The lowest BCUT2D eigenvalue weighted by Crippen LogP contribution is -2.17. The van der Waals surface area contributed by atoms with E-state index < -0.39 is 6.10 Å². The minimum atomic E-state index is -0.428. The minimum Gasteiger partial charge on any atom is -0.392 e. The van der Waals surface area contributed by atoms with E-state index in [1.807, 2.05) is 6.92 Å². The maximum Gasteiger partial charge on any atom is 0.224 e. The van der Waals surface area contributed by atoms with Gasteiger partial charge in [0, 0.05) is 12.2 Å². The number of hydrogen-bond acceptors (Lipinski definition) is 4. The highest BCUT2D eigenvalue weighted by Gasteiger charge is 2.02. The van der Waals surface area contributed by atoms with Gasteiger partial charge in [0.25, 0.3) is 0 Å². The molecule has 1 unspecified atom stereocenters. The summed E-state index contributed by atoms with van der Waals surface area (Å²) >= 11 is 5.79. The smallest absolute Gasteiger partial charge is 0.224 e. The Morgan fingerprint density at radius 2 is 2.29 bits per heavy atom. The molecule has 0 saturated heterocycles. The number of nitrogens with zero attached hydrogens (tertiary/aromatic N) is 2. The lowest BCUT2D eigenvalue weighted by atomic mass is 10.3. The van der Waals surface area contributed by atoms with Crippen LogP contribution in [0.2, 0.25) is 5.15 Å². The molecule has 1 heterocycles. The van der Waals surface area contributed by atoms with Crippen LogP contribution in [0.4, 0.5) is 5.95 Å². The third kappa shape index (κ3) is 3.47. The predicted molar refractivity (Wildman–Crippen MR) is 56.6 cm³/mol. The maximum atomic E-state index is 9.06. The Hall–Kier alpha value is -0.870. The van der Waals surface area contributed by atoms with Crippen molar-refractivity contribution in [1.82, 2.24) is 9.97 Å². The van der Waals surface area contributed by atoms with E-state index in [2.05, 4.69) is 15.3 Å². The molecular weight excluding hydrogens is 202 g/mol. The van der Waals surface area contributed by atoms with Gasteiger partial charge < -0.3 is 10.4 Å². The van der Waals surface area contributed by atoms with Crippen molar-refractivity contribution in [3.8, 4) is 0 Å². The number of halogens is 1. The van der Waals surface area contributed by atoms with Crippen LogP contribution in [0, 0.1) is 0 Å². The van der Waals surface area contributed by atoms with Crippen molar-refractivity contribution >= 4 is 17.5 Å². The average molecular weight is 216 g/mol. The number of aryl methyl sites for hydroxylation is 1. The highest BCUT2D eigenvalue weighted by atomic mass is 35.5. The van der Waals surface area contributed by atoms with Crippen LogP contribution in [-0.2, 0) is 6.42 Å². The van der Waals surface area contributed by atoms with Crippen LogP contribution in [0.25, 0.3) is 0 Å². The van der Waals surface area contributed by atoms with Crippen LogP contribution >= 0.6 is 11.6 Å². The van der Waals surface area contributed by atoms with Crippen molar-refractivity contribution < 1.29 is 5.11 Å². The van der Waals surface area contributed by atoms with Gasteiger partial charge in [-0.05, 0) is 19.4 Å². The van der Waals surface area contributed by atoms with E-state index in [0.29, 0.717) is 17.6 Å². The number of nitrogens with one attached hydrogen (secondary N) is 1. The first-order chi connectivity index (χ1) is 6.61. The summed E-state index contributed by atoms with van der Waals surface area (Å²) in [6.45, 7) is 4.11. The molecule has 1 rings (SSSR count). The summed E-state index contributed by atoms with van der Waals surface area (Å²) in [6, 6.07) is 1.73. The Kier molecular flexibility index (Phi) is 4.10. The molecule has 78 valence electrons. The predicted octanol–water partition coefficient (Wildman–Crippen LogP) is 1.49. The molecule has 0 aliphatic heterocycles. The van der Waals surface area contributed by atoms with Gasteiger partial charge in [-0.15, -0.1) is 0 Å². The molecule has 0 bridgehead atoms. The Morgan fingerprint density at radius 3 is 2.86 bits per heavy atom. The molecule has 14 heavy (non-hydrogen) atoms. The first-order valence-corrected chi connectivity index (χ1v) is 4.95. The number of aliphatic hydroxyl groups excluding tert-OH is 1. The Morgan fingerprint density at radius 1 is 1.57 bits per heavy atom. The third-order valence-corrected chi connectivity index (χ3v) is 1.86. The van der Waals surface area contributed by atoms with Gasteiger partial charge in [-0.1, -0.05) is 18.5 Å². The Balaban J connectivity index is 2.71. The summed E-state index contributed by atoms with van der Waals surface area (Å²) in [6.07, 6.45) is 0.383. The molecule has 0 aliphatic rings. The number of hydrogen-bond donors (Lipinski definition) is 2. The zero-order valence-electron chi connectivity index (χ0n) is 8.29. The molecule has 4 nitrogen and oxygen atoms in total. The summed E-state index contributed by atoms with van der Waals surface area (Å²) in [5, 5.41) is 12.4. The molecule has 1 aromatic rings. The molecule has 5 heteroatoms. The first kappa shape index (κ1) is 11.2. The van der Waals surface area contributed by atoms with Crippen LogP contribution in [0.5, 0.6) is 0 Å². The van der Waals surface area contributed by atoms with Crippen molar-refractivity contribution in [3.63, 3.8) is 0 Å². The Labute approximate surface area is 88.3 Å². The second-order valence-electron chi connectivity index (χ2n) is 3.09. The third-order valence-electron chi connectivity index (χ3n) is 1.67. The molecule has 1 atom stereocenters. The SMILES string of the molecule is CCc1cc(Cl)nc(NCC(C)O)n1. The van der Waals surface area contributed by atoms with Crippen molar-refractivity contribution in [2.24, 2.45) is 0 Å². The van der Waals surface area contributed by atoms with Gasteiger partial charge in [0.2, 0.25) is 5.95 Å². The lowest BCUT2D eigenvalue weighted by molar-refractivity contribution is 0.208. The minimum absolute atomic E-state index is 0.420. The maximum absolute atomic E-state index is 9.06. The molecule has 1 aromatic heterocycles. The highest BCUT2D eigenvalue weighted by Crippen LogP contribution is 2.10. The molecule has 0 fully saturated rings.